The lowest BCUT2D eigenvalue weighted by Crippen LogP contribution is -2.18. The van der Waals surface area contributed by atoms with E-state index < -0.39 is 6.36 Å². The van der Waals surface area contributed by atoms with Crippen LogP contribution < -0.4 is 10.1 Å². The first kappa shape index (κ1) is 15.4. The molecule has 0 unspecified atom stereocenters. The number of rotatable bonds is 3. The van der Waals surface area contributed by atoms with Crippen molar-refractivity contribution in [3.8, 4) is 17.1 Å². The molecule has 0 radical (unpaired) electrons. The van der Waals surface area contributed by atoms with E-state index in [4.69, 9.17) is 0 Å². The summed E-state index contributed by atoms with van der Waals surface area (Å²) < 4.78 is 41.6. The zero-order valence-corrected chi connectivity index (χ0v) is 12.8. The van der Waals surface area contributed by atoms with Gasteiger partial charge in [-0.25, -0.2) is 9.97 Å². The number of alkyl halides is 3. The molecule has 0 bridgehead atoms. The smallest absolute Gasteiger partial charge is 0.404 e. The van der Waals surface area contributed by atoms with Crippen LogP contribution in [0.3, 0.4) is 0 Å². The molecule has 1 aliphatic rings. The second kappa shape index (κ2) is 5.76. The van der Waals surface area contributed by atoms with Gasteiger partial charge in [0.2, 0.25) is 5.95 Å². The Morgan fingerprint density at radius 2 is 1.88 bits per heavy atom. The highest BCUT2D eigenvalue weighted by atomic mass is 19.4. The summed E-state index contributed by atoms with van der Waals surface area (Å²) in [6, 6.07) is 5.74. The van der Waals surface area contributed by atoms with Crippen molar-refractivity contribution in [1.82, 2.24) is 20.2 Å². The molecule has 2 aromatic heterocycles. The Morgan fingerprint density at radius 3 is 2.72 bits per heavy atom. The fraction of sp³-hybridized carbons (Fsp3) is 0.188. The second-order valence-corrected chi connectivity index (χ2v) is 5.51. The first-order valence-corrected chi connectivity index (χ1v) is 7.50. The number of aromatic nitrogens is 4. The molecule has 0 atom stereocenters. The fourth-order valence-corrected chi connectivity index (χ4v) is 2.75. The molecule has 2 heterocycles. The van der Waals surface area contributed by atoms with Crippen LogP contribution in [0.1, 0.15) is 11.1 Å². The maximum atomic E-state index is 12.5. The predicted octanol–water partition coefficient (Wildman–Crippen LogP) is 3.61. The van der Waals surface area contributed by atoms with Gasteiger partial charge in [0.15, 0.2) is 5.75 Å². The van der Waals surface area contributed by atoms with Gasteiger partial charge < -0.3 is 10.1 Å². The number of para-hydroxylation sites is 2. The van der Waals surface area contributed by atoms with Gasteiger partial charge in [0.25, 0.3) is 0 Å². The quantitative estimate of drug-likeness (QED) is 0.757. The van der Waals surface area contributed by atoms with Crippen LogP contribution in [-0.2, 0) is 12.8 Å². The Morgan fingerprint density at radius 1 is 1.08 bits per heavy atom. The number of H-pyrrole nitrogens is 1. The summed E-state index contributed by atoms with van der Waals surface area (Å²) in [6.07, 6.45) is 0.272. The van der Waals surface area contributed by atoms with Gasteiger partial charge in [0, 0.05) is 6.20 Å². The van der Waals surface area contributed by atoms with Crippen molar-refractivity contribution in [3.05, 3.63) is 47.8 Å². The molecule has 25 heavy (non-hydrogen) atoms. The number of fused-ring (bicyclic) bond motifs is 3. The van der Waals surface area contributed by atoms with Gasteiger partial charge in [-0.1, -0.05) is 12.1 Å². The van der Waals surface area contributed by atoms with Gasteiger partial charge in [0.05, 0.1) is 23.3 Å². The van der Waals surface area contributed by atoms with Crippen LogP contribution in [0, 0.1) is 0 Å². The molecule has 6 nitrogen and oxygen atoms in total. The minimum absolute atomic E-state index is 0.125. The summed E-state index contributed by atoms with van der Waals surface area (Å²) in [6.45, 7) is 0. The number of anilines is 2. The van der Waals surface area contributed by atoms with E-state index in [1.807, 2.05) is 0 Å². The number of ether oxygens (including phenoxy) is 1. The molecule has 1 aliphatic carbocycles. The summed E-state index contributed by atoms with van der Waals surface area (Å²) in [7, 11) is 0. The van der Waals surface area contributed by atoms with Crippen LogP contribution in [0.5, 0.6) is 5.75 Å². The van der Waals surface area contributed by atoms with Crippen molar-refractivity contribution in [2.24, 2.45) is 0 Å². The van der Waals surface area contributed by atoms with Gasteiger partial charge in [0.1, 0.15) is 0 Å². The molecule has 0 spiro atoms. The average molecular weight is 347 g/mol. The molecule has 0 saturated heterocycles. The highest BCUT2D eigenvalue weighted by Crippen LogP contribution is 2.33. The number of aryl methyl sites for hydroxylation is 2. The summed E-state index contributed by atoms with van der Waals surface area (Å²) in [5.74, 6) is -0.169. The molecular formula is C16H12F3N5O. The Labute approximate surface area is 140 Å². The lowest BCUT2D eigenvalue weighted by atomic mass is 9.96. The minimum atomic E-state index is -4.78. The van der Waals surface area contributed by atoms with Crippen LogP contribution in [0.15, 0.2) is 36.7 Å². The number of halogens is 3. The number of nitrogens with one attached hydrogen (secondary N) is 2. The van der Waals surface area contributed by atoms with E-state index in [1.165, 1.54) is 18.2 Å². The number of hydrogen-bond donors (Lipinski definition) is 2. The topological polar surface area (TPSA) is 75.7 Å². The molecule has 0 amide bonds. The number of benzene rings is 1. The lowest BCUT2D eigenvalue weighted by Gasteiger charge is -2.17. The SMILES string of the molecule is FC(F)(F)Oc1ccccc1Nc1ncc2c(n1)-c1[nH]ncc1CC2. The zero-order chi connectivity index (χ0) is 17.4. The maximum absolute atomic E-state index is 12.5. The predicted molar refractivity (Wildman–Crippen MR) is 83.4 cm³/mol. The molecule has 0 aliphatic heterocycles. The third-order valence-electron chi connectivity index (χ3n) is 3.84. The van der Waals surface area contributed by atoms with Crippen LogP contribution in [0.4, 0.5) is 24.8 Å². The van der Waals surface area contributed by atoms with E-state index in [9.17, 15) is 13.2 Å². The van der Waals surface area contributed by atoms with E-state index in [0.717, 1.165) is 29.7 Å². The molecule has 0 saturated carbocycles. The molecular weight excluding hydrogens is 335 g/mol. The molecule has 0 fully saturated rings. The third kappa shape index (κ3) is 3.12. The Kier molecular flexibility index (Phi) is 3.56. The standard InChI is InChI=1S/C16H12F3N5O/c17-16(18,19)25-12-4-2-1-3-11(12)22-15-20-7-9-5-6-10-8-21-24-14(10)13(9)23-15/h1-4,7-8H,5-6H2,(H,21,24)(H,20,22,23). The van der Waals surface area contributed by atoms with E-state index >= 15 is 0 Å². The normalized spacial score (nSPS) is 13.1. The van der Waals surface area contributed by atoms with Gasteiger partial charge in [-0.3, -0.25) is 5.10 Å². The van der Waals surface area contributed by atoms with Crippen LogP contribution in [-0.4, -0.2) is 26.5 Å². The maximum Gasteiger partial charge on any atom is 0.573 e. The van der Waals surface area contributed by atoms with E-state index in [-0.39, 0.29) is 17.4 Å². The van der Waals surface area contributed by atoms with E-state index in [2.05, 4.69) is 30.2 Å². The zero-order valence-electron chi connectivity index (χ0n) is 12.8. The summed E-state index contributed by atoms with van der Waals surface area (Å²) >= 11 is 0. The molecule has 1 aromatic carbocycles. The van der Waals surface area contributed by atoms with Gasteiger partial charge in [-0.05, 0) is 36.1 Å². The fourth-order valence-electron chi connectivity index (χ4n) is 2.75. The van der Waals surface area contributed by atoms with Gasteiger partial charge in [-0.15, -0.1) is 13.2 Å². The van der Waals surface area contributed by atoms with Gasteiger partial charge in [-0.2, -0.15) is 5.10 Å². The van der Waals surface area contributed by atoms with Crippen LogP contribution >= 0.6 is 0 Å². The first-order chi connectivity index (χ1) is 12.0. The summed E-state index contributed by atoms with van der Waals surface area (Å²) in [5, 5.41) is 9.71. The monoisotopic (exact) mass is 347 g/mol. The van der Waals surface area contributed by atoms with Crippen molar-refractivity contribution >= 4 is 11.6 Å². The van der Waals surface area contributed by atoms with E-state index in [1.54, 1.807) is 18.5 Å². The number of nitrogens with zero attached hydrogens (tertiary/aromatic N) is 3. The largest absolute Gasteiger partial charge is 0.573 e. The van der Waals surface area contributed by atoms with Gasteiger partial charge >= 0.3 is 6.36 Å². The summed E-state index contributed by atoms with van der Waals surface area (Å²) in [5.41, 5.74) is 3.65. The minimum Gasteiger partial charge on any atom is -0.404 e. The van der Waals surface area contributed by atoms with Crippen molar-refractivity contribution in [2.75, 3.05) is 5.32 Å². The van der Waals surface area contributed by atoms with Crippen LogP contribution in [0.25, 0.3) is 11.4 Å². The number of aromatic amines is 1. The Balaban J connectivity index is 1.66. The number of hydrogen-bond acceptors (Lipinski definition) is 5. The molecule has 9 heteroatoms. The van der Waals surface area contributed by atoms with Crippen molar-refractivity contribution < 1.29 is 17.9 Å². The second-order valence-electron chi connectivity index (χ2n) is 5.51. The molecule has 4 rings (SSSR count). The first-order valence-electron chi connectivity index (χ1n) is 7.50. The highest BCUT2D eigenvalue weighted by molar-refractivity contribution is 5.68. The van der Waals surface area contributed by atoms with Crippen molar-refractivity contribution in [3.63, 3.8) is 0 Å². The average Bonchev–Trinajstić information content (AvgIpc) is 3.04. The van der Waals surface area contributed by atoms with Crippen molar-refractivity contribution in [2.45, 2.75) is 19.2 Å². The Hall–Kier alpha value is -3.10. The Bertz CT molecular complexity index is 922. The summed E-state index contributed by atoms with van der Waals surface area (Å²) in [4.78, 5) is 8.62. The van der Waals surface area contributed by atoms with Crippen molar-refractivity contribution in [1.29, 1.82) is 0 Å². The molecule has 2 N–H and O–H groups in total. The molecule has 3 aromatic rings. The van der Waals surface area contributed by atoms with Crippen LogP contribution in [0.2, 0.25) is 0 Å². The highest BCUT2D eigenvalue weighted by Gasteiger charge is 2.32. The molecule has 128 valence electrons. The van der Waals surface area contributed by atoms with E-state index in [0.29, 0.717) is 5.69 Å². The third-order valence-corrected chi connectivity index (χ3v) is 3.84. The lowest BCUT2D eigenvalue weighted by molar-refractivity contribution is -0.274.